The molecule has 0 bridgehead atoms. The van der Waals surface area contributed by atoms with Crippen LogP contribution in [0.15, 0.2) is 34.1 Å². The van der Waals surface area contributed by atoms with Gasteiger partial charge in [-0.15, -0.1) is 11.3 Å². The molecule has 0 saturated heterocycles. The van der Waals surface area contributed by atoms with Gasteiger partial charge in [0.1, 0.15) is 0 Å². The third kappa shape index (κ3) is 2.79. The average molecular weight is 310 g/mol. The predicted octanol–water partition coefficient (Wildman–Crippen LogP) is 4.44. The second-order valence-corrected chi connectivity index (χ2v) is 6.11. The monoisotopic (exact) mass is 309 g/mol. The van der Waals surface area contributed by atoms with E-state index in [2.05, 4.69) is 64.7 Å². The van der Waals surface area contributed by atoms with Crippen LogP contribution >= 0.6 is 27.3 Å². The Morgan fingerprint density at radius 2 is 2.00 bits per heavy atom. The Morgan fingerprint density at radius 3 is 2.53 bits per heavy atom. The predicted molar refractivity (Wildman–Crippen MR) is 78.8 cm³/mol. The number of hydrogen-bond donors (Lipinski definition) is 1. The van der Waals surface area contributed by atoms with Gasteiger partial charge in [0.25, 0.3) is 0 Å². The molecule has 3 heteroatoms. The molecule has 2 aromatic rings. The fraction of sp³-hybridized carbons (Fsp3) is 0.286. The zero-order valence-corrected chi connectivity index (χ0v) is 12.7. The SMILES string of the molecule is CNC(c1cc(C)cc(Br)c1)c1sccc1C. The Bertz CT molecular complexity index is 498. The summed E-state index contributed by atoms with van der Waals surface area (Å²) < 4.78 is 1.14. The maximum atomic E-state index is 3.57. The molecule has 1 aromatic heterocycles. The smallest absolute Gasteiger partial charge is 0.0671 e. The van der Waals surface area contributed by atoms with Gasteiger partial charge in [-0.05, 0) is 61.2 Å². The van der Waals surface area contributed by atoms with Crippen molar-refractivity contribution in [2.24, 2.45) is 0 Å². The highest BCUT2D eigenvalue weighted by Crippen LogP contribution is 2.31. The number of hydrogen-bond acceptors (Lipinski definition) is 2. The van der Waals surface area contributed by atoms with E-state index >= 15 is 0 Å². The van der Waals surface area contributed by atoms with E-state index in [-0.39, 0.29) is 6.04 Å². The number of benzene rings is 1. The minimum atomic E-state index is 0.284. The first-order valence-electron chi connectivity index (χ1n) is 5.60. The first-order valence-corrected chi connectivity index (χ1v) is 7.27. The van der Waals surface area contributed by atoms with Crippen molar-refractivity contribution in [3.63, 3.8) is 0 Å². The van der Waals surface area contributed by atoms with Crippen molar-refractivity contribution in [2.45, 2.75) is 19.9 Å². The lowest BCUT2D eigenvalue weighted by molar-refractivity contribution is 0.699. The molecule has 1 heterocycles. The minimum absolute atomic E-state index is 0.284. The molecule has 0 aliphatic rings. The van der Waals surface area contributed by atoms with Gasteiger partial charge >= 0.3 is 0 Å². The molecular weight excluding hydrogens is 294 g/mol. The van der Waals surface area contributed by atoms with Crippen LogP contribution < -0.4 is 5.32 Å². The van der Waals surface area contributed by atoms with Crippen LogP contribution in [-0.4, -0.2) is 7.05 Å². The van der Waals surface area contributed by atoms with Gasteiger partial charge in [0, 0.05) is 9.35 Å². The Labute approximate surface area is 115 Å². The zero-order valence-electron chi connectivity index (χ0n) is 10.3. The lowest BCUT2D eigenvalue weighted by atomic mass is 10.0. The Kier molecular flexibility index (Phi) is 4.02. The quantitative estimate of drug-likeness (QED) is 0.884. The van der Waals surface area contributed by atoms with E-state index in [0.717, 1.165) is 4.47 Å². The highest BCUT2D eigenvalue weighted by molar-refractivity contribution is 9.10. The fourth-order valence-electron chi connectivity index (χ4n) is 2.06. The van der Waals surface area contributed by atoms with Crippen molar-refractivity contribution in [1.29, 1.82) is 0 Å². The molecule has 0 amide bonds. The van der Waals surface area contributed by atoms with Crippen LogP contribution in [0, 0.1) is 13.8 Å². The molecule has 1 aromatic carbocycles. The molecule has 0 spiro atoms. The summed E-state index contributed by atoms with van der Waals surface area (Å²) in [4.78, 5) is 1.39. The van der Waals surface area contributed by atoms with E-state index in [1.54, 1.807) is 0 Å². The number of rotatable bonds is 3. The first kappa shape index (κ1) is 12.8. The Hall–Kier alpha value is -0.640. The summed E-state index contributed by atoms with van der Waals surface area (Å²) in [5, 5.41) is 5.56. The van der Waals surface area contributed by atoms with Crippen LogP contribution in [0.25, 0.3) is 0 Å². The molecule has 0 radical (unpaired) electrons. The van der Waals surface area contributed by atoms with Crippen LogP contribution in [-0.2, 0) is 0 Å². The van der Waals surface area contributed by atoms with Crippen LogP contribution in [0.2, 0.25) is 0 Å². The van der Waals surface area contributed by atoms with Crippen molar-refractivity contribution >= 4 is 27.3 Å². The fourth-order valence-corrected chi connectivity index (χ4v) is 3.75. The summed E-state index contributed by atoms with van der Waals surface area (Å²) in [5.74, 6) is 0. The number of aryl methyl sites for hydroxylation is 2. The highest BCUT2D eigenvalue weighted by atomic mass is 79.9. The van der Waals surface area contributed by atoms with Crippen molar-refractivity contribution < 1.29 is 0 Å². The molecule has 0 saturated carbocycles. The summed E-state index contributed by atoms with van der Waals surface area (Å²) in [6, 6.07) is 9.02. The van der Waals surface area contributed by atoms with Crippen LogP contribution in [0.3, 0.4) is 0 Å². The van der Waals surface area contributed by atoms with Gasteiger partial charge in [0.2, 0.25) is 0 Å². The maximum absolute atomic E-state index is 3.57. The maximum Gasteiger partial charge on any atom is 0.0671 e. The lowest BCUT2D eigenvalue weighted by Gasteiger charge is -2.17. The van der Waals surface area contributed by atoms with Gasteiger partial charge in [-0.25, -0.2) is 0 Å². The molecule has 1 nitrogen and oxygen atoms in total. The largest absolute Gasteiger partial charge is 0.309 e. The summed E-state index contributed by atoms with van der Waals surface area (Å²) in [5.41, 5.74) is 3.95. The average Bonchev–Trinajstić information content (AvgIpc) is 2.65. The topological polar surface area (TPSA) is 12.0 Å². The van der Waals surface area contributed by atoms with E-state index in [1.807, 2.05) is 18.4 Å². The highest BCUT2D eigenvalue weighted by Gasteiger charge is 2.16. The van der Waals surface area contributed by atoms with E-state index in [9.17, 15) is 0 Å². The van der Waals surface area contributed by atoms with Crippen molar-refractivity contribution in [3.05, 3.63) is 55.7 Å². The third-order valence-electron chi connectivity index (χ3n) is 2.85. The molecule has 1 N–H and O–H groups in total. The Balaban J connectivity index is 2.45. The van der Waals surface area contributed by atoms with Crippen molar-refractivity contribution in [2.75, 3.05) is 7.05 Å². The summed E-state index contributed by atoms with van der Waals surface area (Å²) in [6.45, 7) is 4.29. The van der Waals surface area contributed by atoms with E-state index in [0.29, 0.717) is 0 Å². The number of nitrogens with one attached hydrogen (secondary N) is 1. The van der Waals surface area contributed by atoms with Gasteiger partial charge in [0.05, 0.1) is 6.04 Å². The summed E-state index contributed by atoms with van der Waals surface area (Å²) in [7, 11) is 2.01. The van der Waals surface area contributed by atoms with E-state index in [4.69, 9.17) is 0 Å². The third-order valence-corrected chi connectivity index (χ3v) is 4.39. The number of thiophene rings is 1. The van der Waals surface area contributed by atoms with Gasteiger partial charge in [-0.2, -0.15) is 0 Å². The van der Waals surface area contributed by atoms with Gasteiger partial charge < -0.3 is 5.32 Å². The van der Waals surface area contributed by atoms with Gasteiger partial charge in [-0.1, -0.05) is 22.0 Å². The van der Waals surface area contributed by atoms with E-state index < -0.39 is 0 Å². The number of halogens is 1. The van der Waals surface area contributed by atoms with Crippen LogP contribution in [0.4, 0.5) is 0 Å². The lowest BCUT2D eigenvalue weighted by Crippen LogP contribution is -2.17. The molecule has 0 aliphatic heterocycles. The molecular formula is C14H16BrNS. The van der Waals surface area contributed by atoms with Crippen molar-refractivity contribution in [3.8, 4) is 0 Å². The zero-order chi connectivity index (χ0) is 12.4. The standard InChI is InChI=1S/C14H16BrNS/c1-9-6-11(8-12(15)7-9)13(16-3)14-10(2)4-5-17-14/h4-8,13,16H,1-3H3. The second kappa shape index (κ2) is 5.34. The molecule has 1 unspecified atom stereocenters. The van der Waals surface area contributed by atoms with Crippen LogP contribution in [0.5, 0.6) is 0 Å². The first-order chi connectivity index (χ1) is 8.11. The summed E-state index contributed by atoms with van der Waals surface area (Å²) >= 11 is 5.38. The molecule has 90 valence electrons. The molecule has 0 aliphatic carbocycles. The van der Waals surface area contributed by atoms with Crippen molar-refractivity contribution in [1.82, 2.24) is 5.32 Å². The molecule has 1 atom stereocenters. The minimum Gasteiger partial charge on any atom is -0.309 e. The molecule has 17 heavy (non-hydrogen) atoms. The second-order valence-electron chi connectivity index (χ2n) is 4.25. The van der Waals surface area contributed by atoms with Crippen LogP contribution in [0.1, 0.15) is 27.6 Å². The van der Waals surface area contributed by atoms with Gasteiger partial charge in [0.15, 0.2) is 0 Å². The Morgan fingerprint density at radius 1 is 1.24 bits per heavy atom. The normalized spacial score (nSPS) is 12.7. The van der Waals surface area contributed by atoms with E-state index in [1.165, 1.54) is 21.6 Å². The van der Waals surface area contributed by atoms with Gasteiger partial charge in [-0.3, -0.25) is 0 Å². The molecule has 2 rings (SSSR count). The molecule has 0 fully saturated rings. The summed E-state index contributed by atoms with van der Waals surface area (Å²) in [6.07, 6.45) is 0.